The van der Waals surface area contributed by atoms with Gasteiger partial charge in [0, 0.05) is 0 Å². The minimum atomic E-state index is -0.369. The fraction of sp³-hybridized carbons (Fsp3) is 0.214. The second-order valence-electron chi connectivity index (χ2n) is 3.73. The standard InChI is InChI=1S/C14H14O3S/c1-16-13(15)9-17-14(12-7-8-18-10-12)11-5-3-2-4-6-11/h2-8,10,14H,9H2,1H3. The predicted molar refractivity (Wildman–Crippen MR) is 70.6 cm³/mol. The minimum absolute atomic E-state index is 0.0497. The lowest BCUT2D eigenvalue weighted by atomic mass is 10.0. The molecule has 0 radical (unpaired) electrons. The highest BCUT2D eigenvalue weighted by Crippen LogP contribution is 2.27. The van der Waals surface area contributed by atoms with Crippen LogP contribution in [-0.2, 0) is 14.3 Å². The summed E-state index contributed by atoms with van der Waals surface area (Å²) in [6.07, 6.45) is -0.225. The highest BCUT2D eigenvalue weighted by molar-refractivity contribution is 7.07. The zero-order valence-electron chi connectivity index (χ0n) is 10.0. The molecule has 1 atom stereocenters. The molecule has 0 spiro atoms. The van der Waals surface area contributed by atoms with E-state index in [1.54, 1.807) is 11.3 Å². The number of hydrogen-bond donors (Lipinski definition) is 0. The molecule has 0 fully saturated rings. The SMILES string of the molecule is COC(=O)COC(c1ccccc1)c1ccsc1. The number of esters is 1. The Morgan fingerprint density at radius 3 is 2.61 bits per heavy atom. The number of ether oxygens (including phenoxy) is 2. The van der Waals surface area contributed by atoms with Crippen LogP contribution in [0.25, 0.3) is 0 Å². The van der Waals surface area contributed by atoms with Gasteiger partial charge >= 0.3 is 5.97 Å². The van der Waals surface area contributed by atoms with Gasteiger partial charge in [0.05, 0.1) is 7.11 Å². The molecule has 94 valence electrons. The highest BCUT2D eigenvalue weighted by atomic mass is 32.1. The van der Waals surface area contributed by atoms with E-state index in [1.165, 1.54) is 7.11 Å². The summed E-state index contributed by atoms with van der Waals surface area (Å²) in [6.45, 7) is -0.0497. The normalized spacial score (nSPS) is 12.1. The van der Waals surface area contributed by atoms with Crippen molar-refractivity contribution >= 4 is 17.3 Å². The van der Waals surface area contributed by atoms with E-state index in [1.807, 2.05) is 47.2 Å². The van der Waals surface area contributed by atoms with Crippen LogP contribution >= 0.6 is 11.3 Å². The number of benzene rings is 1. The Morgan fingerprint density at radius 1 is 1.22 bits per heavy atom. The van der Waals surface area contributed by atoms with Crippen molar-refractivity contribution in [3.63, 3.8) is 0 Å². The molecule has 1 aromatic heterocycles. The molecule has 0 aliphatic carbocycles. The number of carbonyl (C=O) groups excluding carboxylic acids is 1. The summed E-state index contributed by atoms with van der Waals surface area (Å²) < 4.78 is 10.2. The molecule has 0 amide bonds. The van der Waals surface area contributed by atoms with Gasteiger partial charge in [-0.25, -0.2) is 4.79 Å². The van der Waals surface area contributed by atoms with Gasteiger partial charge in [0.15, 0.2) is 0 Å². The zero-order chi connectivity index (χ0) is 12.8. The smallest absolute Gasteiger partial charge is 0.331 e. The topological polar surface area (TPSA) is 35.5 Å². The largest absolute Gasteiger partial charge is 0.467 e. The summed E-state index contributed by atoms with van der Waals surface area (Å²) in [5, 5.41) is 4.02. The summed E-state index contributed by atoms with van der Waals surface area (Å²) in [7, 11) is 1.35. The summed E-state index contributed by atoms with van der Waals surface area (Å²) in [5.41, 5.74) is 2.08. The van der Waals surface area contributed by atoms with Crippen LogP contribution in [0.1, 0.15) is 17.2 Å². The van der Waals surface area contributed by atoms with Gasteiger partial charge in [-0.2, -0.15) is 11.3 Å². The van der Waals surface area contributed by atoms with Gasteiger partial charge in [0.1, 0.15) is 12.7 Å². The van der Waals surface area contributed by atoms with Crippen molar-refractivity contribution in [3.05, 3.63) is 58.3 Å². The lowest BCUT2D eigenvalue weighted by Gasteiger charge is -2.16. The molecule has 18 heavy (non-hydrogen) atoms. The van der Waals surface area contributed by atoms with E-state index < -0.39 is 0 Å². The summed E-state index contributed by atoms with van der Waals surface area (Å²) in [5.74, 6) is -0.369. The first-order chi connectivity index (χ1) is 8.81. The Hall–Kier alpha value is -1.65. The Bertz CT molecular complexity index is 479. The van der Waals surface area contributed by atoms with Crippen LogP contribution in [0.4, 0.5) is 0 Å². The van der Waals surface area contributed by atoms with E-state index in [2.05, 4.69) is 4.74 Å². The van der Waals surface area contributed by atoms with Gasteiger partial charge in [0.2, 0.25) is 0 Å². The molecule has 3 nitrogen and oxygen atoms in total. The number of methoxy groups -OCH3 is 1. The molecular formula is C14H14O3S. The third kappa shape index (κ3) is 3.18. The lowest BCUT2D eigenvalue weighted by molar-refractivity contribution is -0.147. The number of rotatable bonds is 5. The summed E-state index contributed by atoms with van der Waals surface area (Å²) in [6, 6.07) is 11.8. The second-order valence-corrected chi connectivity index (χ2v) is 4.51. The number of hydrogen-bond acceptors (Lipinski definition) is 4. The van der Waals surface area contributed by atoms with Crippen LogP contribution < -0.4 is 0 Å². The van der Waals surface area contributed by atoms with Crippen molar-refractivity contribution in [2.45, 2.75) is 6.10 Å². The van der Waals surface area contributed by atoms with Gasteiger partial charge in [-0.15, -0.1) is 0 Å². The van der Waals surface area contributed by atoms with Crippen LogP contribution in [0.5, 0.6) is 0 Å². The first kappa shape index (κ1) is 12.8. The van der Waals surface area contributed by atoms with E-state index in [-0.39, 0.29) is 18.7 Å². The van der Waals surface area contributed by atoms with Gasteiger partial charge in [-0.1, -0.05) is 30.3 Å². The predicted octanol–water partition coefficient (Wildman–Crippen LogP) is 3.03. The fourth-order valence-corrected chi connectivity index (χ4v) is 2.32. The average Bonchev–Trinajstić information content (AvgIpc) is 2.94. The number of thiophene rings is 1. The lowest BCUT2D eigenvalue weighted by Crippen LogP contribution is -2.14. The van der Waals surface area contributed by atoms with Crippen molar-refractivity contribution in [1.29, 1.82) is 0 Å². The van der Waals surface area contributed by atoms with Crippen LogP contribution in [0, 0.1) is 0 Å². The Labute approximate surface area is 110 Å². The Balaban J connectivity index is 2.16. The molecule has 0 aliphatic heterocycles. The van der Waals surface area contributed by atoms with Crippen LogP contribution in [0.3, 0.4) is 0 Å². The molecule has 0 N–H and O–H groups in total. The maximum absolute atomic E-state index is 11.2. The molecule has 1 aromatic carbocycles. The summed E-state index contributed by atoms with van der Waals surface area (Å²) >= 11 is 1.61. The van der Waals surface area contributed by atoms with E-state index in [0.717, 1.165) is 11.1 Å². The molecule has 0 aliphatic rings. The van der Waals surface area contributed by atoms with E-state index in [9.17, 15) is 4.79 Å². The summed E-state index contributed by atoms with van der Waals surface area (Å²) in [4.78, 5) is 11.2. The molecule has 0 bridgehead atoms. The maximum Gasteiger partial charge on any atom is 0.331 e. The quantitative estimate of drug-likeness (QED) is 0.777. The van der Waals surface area contributed by atoms with E-state index in [0.29, 0.717) is 0 Å². The molecular weight excluding hydrogens is 248 g/mol. The first-order valence-corrected chi connectivity index (χ1v) is 6.51. The molecule has 1 unspecified atom stereocenters. The molecule has 2 rings (SSSR count). The average molecular weight is 262 g/mol. The Kier molecular flexibility index (Phi) is 4.50. The third-order valence-corrected chi connectivity index (χ3v) is 3.25. The molecule has 1 heterocycles. The Morgan fingerprint density at radius 2 is 2.00 bits per heavy atom. The molecule has 4 heteroatoms. The van der Waals surface area contributed by atoms with Crippen molar-refractivity contribution in [2.24, 2.45) is 0 Å². The van der Waals surface area contributed by atoms with E-state index >= 15 is 0 Å². The minimum Gasteiger partial charge on any atom is -0.467 e. The third-order valence-electron chi connectivity index (χ3n) is 2.54. The first-order valence-electron chi connectivity index (χ1n) is 5.56. The van der Waals surface area contributed by atoms with Gasteiger partial charge in [-0.3, -0.25) is 0 Å². The van der Waals surface area contributed by atoms with Crippen LogP contribution in [-0.4, -0.2) is 19.7 Å². The van der Waals surface area contributed by atoms with E-state index in [4.69, 9.17) is 4.74 Å². The molecule has 2 aromatic rings. The molecule has 0 saturated heterocycles. The number of carbonyl (C=O) groups is 1. The van der Waals surface area contributed by atoms with Gasteiger partial charge in [-0.05, 0) is 28.0 Å². The second kappa shape index (κ2) is 6.33. The van der Waals surface area contributed by atoms with Gasteiger partial charge in [0.25, 0.3) is 0 Å². The highest BCUT2D eigenvalue weighted by Gasteiger charge is 2.16. The van der Waals surface area contributed by atoms with Crippen molar-refractivity contribution in [3.8, 4) is 0 Å². The maximum atomic E-state index is 11.2. The van der Waals surface area contributed by atoms with Crippen LogP contribution in [0.15, 0.2) is 47.2 Å². The molecule has 0 saturated carbocycles. The fourth-order valence-electron chi connectivity index (χ4n) is 1.65. The van der Waals surface area contributed by atoms with Gasteiger partial charge < -0.3 is 9.47 Å². The zero-order valence-corrected chi connectivity index (χ0v) is 10.9. The van der Waals surface area contributed by atoms with Crippen molar-refractivity contribution in [1.82, 2.24) is 0 Å². The monoisotopic (exact) mass is 262 g/mol. The van der Waals surface area contributed by atoms with Crippen molar-refractivity contribution < 1.29 is 14.3 Å². The van der Waals surface area contributed by atoms with Crippen molar-refractivity contribution in [2.75, 3.05) is 13.7 Å². The van der Waals surface area contributed by atoms with Crippen LogP contribution in [0.2, 0.25) is 0 Å².